The fourth-order valence-electron chi connectivity index (χ4n) is 5.01. The molecule has 3 aromatic heterocycles. The summed E-state index contributed by atoms with van der Waals surface area (Å²) < 4.78 is 7.53. The molecule has 31 heavy (non-hydrogen) atoms. The SMILES string of the molecule is O=C1NCC2(CCCC2)n2c1cc1cnc(Nc3ccc(N4CCOCC4)nn3)nc12. The van der Waals surface area contributed by atoms with Crippen molar-refractivity contribution in [2.75, 3.05) is 43.1 Å². The molecular formula is C21H24N8O2. The predicted octanol–water partition coefficient (Wildman–Crippen LogP) is 1.81. The molecule has 1 amide bonds. The van der Waals surface area contributed by atoms with Gasteiger partial charge in [0.25, 0.3) is 5.91 Å². The second kappa shape index (κ2) is 7.16. The number of morpholine rings is 1. The van der Waals surface area contributed by atoms with Crippen LogP contribution in [0.4, 0.5) is 17.6 Å². The maximum Gasteiger partial charge on any atom is 0.268 e. The van der Waals surface area contributed by atoms with Crippen LogP contribution >= 0.6 is 0 Å². The van der Waals surface area contributed by atoms with Crippen LogP contribution in [0.2, 0.25) is 0 Å². The van der Waals surface area contributed by atoms with Gasteiger partial charge in [0.1, 0.15) is 11.3 Å². The summed E-state index contributed by atoms with van der Waals surface area (Å²) in [6.45, 7) is 3.70. The van der Waals surface area contributed by atoms with E-state index in [4.69, 9.17) is 9.72 Å². The van der Waals surface area contributed by atoms with Gasteiger partial charge < -0.3 is 24.8 Å². The average molecular weight is 420 g/mol. The molecule has 0 radical (unpaired) electrons. The quantitative estimate of drug-likeness (QED) is 0.660. The molecular weight excluding hydrogens is 396 g/mol. The normalized spacial score (nSPS) is 20.1. The van der Waals surface area contributed by atoms with Crippen LogP contribution in [-0.4, -0.2) is 63.5 Å². The maximum absolute atomic E-state index is 12.5. The number of nitrogens with one attached hydrogen (secondary N) is 2. The monoisotopic (exact) mass is 420 g/mol. The van der Waals surface area contributed by atoms with Crippen molar-refractivity contribution in [2.24, 2.45) is 0 Å². The molecule has 0 unspecified atom stereocenters. The van der Waals surface area contributed by atoms with Gasteiger partial charge in [-0.25, -0.2) is 4.98 Å². The topological polar surface area (TPSA) is 110 Å². The smallest absolute Gasteiger partial charge is 0.268 e. The molecule has 1 saturated carbocycles. The number of rotatable bonds is 3. The number of carbonyl (C=O) groups excluding carboxylic acids is 1. The molecule has 5 heterocycles. The van der Waals surface area contributed by atoms with Crippen LogP contribution in [0.15, 0.2) is 24.4 Å². The summed E-state index contributed by atoms with van der Waals surface area (Å²) in [6.07, 6.45) is 6.19. The van der Waals surface area contributed by atoms with Crippen molar-refractivity contribution in [3.8, 4) is 0 Å². The highest BCUT2D eigenvalue weighted by Crippen LogP contribution is 2.41. The van der Waals surface area contributed by atoms with Gasteiger partial charge in [-0.1, -0.05) is 12.8 Å². The van der Waals surface area contributed by atoms with E-state index in [0.717, 1.165) is 55.6 Å². The van der Waals surface area contributed by atoms with Crippen molar-refractivity contribution in [1.29, 1.82) is 0 Å². The van der Waals surface area contributed by atoms with Gasteiger partial charge >= 0.3 is 0 Å². The highest BCUT2D eigenvalue weighted by molar-refractivity contribution is 5.99. The van der Waals surface area contributed by atoms with Gasteiger partial charge in [-0.05, 0) is 31.0 Å². The Kier molecular flexibility index (Phi) is 4.27. The van der Waals surface area contributed by atoms with Crippen molar-refractivity contribution >= 4 is 34.5 Å². The zero-order valence-corrected chi connectivity index (χ0v) is 17.2. The summed E-state index contributed by atoms with van der Waals surface area (Å²) >= 11 is 0. The first-order valence-electron chi connectivity index (χ1n) is 10.8. The Labute approximate surface area is 179 Å². The van der Waals surface area contributed by atoms with Gasteiger partial charge in [-0.3, -0.25) is 4.79 Å². The minimum absolute atomic E-state index is 0.0467. The summed E-state index contributed by atoms with van der Waals surface area (Å²) in [4.78, 5) is 23.9. The number of nitrogens with zero attached hydrogens (tertiary/aromatic N) is 6. The Bertz CT molecular complexity index is 1130. The van der Waals surface area contributed by atoms with Crippen LogP contribution in [0.3, 0.4) is 0 Å². The fraction of sp³-hybridized carbons (Fsp3) is 0.476. The Morgan fingerprint density at radius 1 is 1.13 bits per heavy atom. The van der Waals surface area contributed by atoms with Crippen LogP contribution in [0.5, 0.6) is 0 Å². The molecule has 10 heteroatoms. The molecule has 3 aliphatic rings. The molecule has 160 valence electrons. The molecule has 2 fully saturated rings. The minimum Gasteiger partial charge on any atom is -0.378 e. The fourth-order valence-corrected chi connectivity index (χ4v) is 5.01. The van der Waals surface area contributed by atoms with E-state index in [1.165, 1.54) is 0 Å². The van der Waals surface area contributed by atoms with E-state index >= 15 is 0 Å². The lowest BCUT2D eigenvalue weighted by Gasteiger charge is -2.37. The molecule has 0 aromatic carbocycles. The number of ether oxygens (including phenoxy) is 1. The molecule has 2 aliphatic heterocycles. The lowest BCUT2D eigenvalue weighted by molar-refractivity contribution is 0.0876. The van der Waals surface area contributed by atoms with Crippen LogP contribution < -0.4 is 15.5 Å². The Balaban J connectivity index is 1.31. The van der Waals surface area contributed by atoms with Crippen LogP contribution in [0.25, 0.3) is 11.0 Å². The largest absolute Gasteiger partial charge is 0.378 e. The first-order chi connectivity index (χ1) is 15.2. The number of hydrogen-bond donors (Lipinski definition) is 2. The summed E-state index contributed by atoms with van der Waals surface area (Å²) in [7, 11) is 0. The molecule has 1 spiro atoms. The first kappa shape index (κ1) is 18.5. The van der Waals surface area contributed by atoms with Crippen molar-refractivity contribution in [1.82, 2.24) is 30.0 Å². The van der Waals surface area contributed by atoms with E-state index < -0.39 is 0 Å². The van der Waals surface area contributed by atoms with E-state index in [1.807, 2.05) is 18.2 Å². The van der Waals surface area contributed by atoms with E-state index in [0.29, 0.717) is 37.2 Å². The molecule has 1 saturated heterocycles. The van der Waals surface area contributed by atoms with Gasteiger partial charge in [0, 0.05) is 31.2 Å². The van der Waals surface area contributed by atoms with Crippen LogP contribution in [0, 0.1) is 0 Å². The van der Waals surface area contributed by atoms with Gasteiger partial charge in [0.15, 0.2) is 11.6 Å². The maximum atomic E-state index is 12.5. The second-order valence-corrected chi connectivity index (χ2v) is 8.45. The molecule has 0 bridgehead atoms. The van der Waals surface area contributed by atoms with Crippen molar-refractivity contribution in [3.63, 3.8) is 0 Å². The third-order valence-electron chi connectivity index (χ3n) is 6.59. The first-order valence-corrected chi connectivity index (χ1v) is 10.8. The van der Waals surface area contributed by atoms with E-state index in [9.17, 15) is 4.79 Å². The van der Waals surface area contributed by atoms with Crippen LogP contribution in [-0.2, 0) is 10.3 Å². The highest BCUT2D eigenvalue weighted by atomic mass is 16.5. The zero-order chi connectivity index (χ0) is 20.8. The lowest BCUT2D eigenvalue weighted by atomic mass is 9.94. The van der Waals surface area contributed by atoms with E-state index in [1.54, 1.807) is 6.20 Å². The van der Waals surface area contributed by atoms with Crippen molar-refractivity contribution in [3.05, 3.63) is 30.1 Å². The molecule has 0 atom stereocenters. The number of aromatic nitrogens is 5. The Morgan fingerprint density at radius 2 is 1.97 bits per heavy atom. The highest BCUT2D eigenvalue weighted by Gasteiger charge is 2.42. The summed E-state index contributed by atoms with van der Waals surface area (Å²) in [5.74, 6) is 1.81. The van der Waals surface area contributed by atoms with Gasteiger partial charge in [-0.15, -0.1) is 10.2 Å². The molecule has 10 nitrogen and oxygen atoms in total. The minimum atomic E-state index is -0.0871. The molecule has 1 aliphatic carbocycles. The van der Waals surface area contributed by atoms with Crippen molar-refractivity contribution < 1.29 is 9.53 Å². The van der Waals surface area contributed by atoms with Gasteiger partial charge in [-0.2, -0.15) is 4.98 Å². The Hall–Kier alpha value is -3.27. The van der Waals surface area contributed by atoms with E-state index in [-0.39, 0.29) is 11.4 Å². The summed E-state index contributed by atoms with van der Waals surface area (Å²) in [5.41, 5.74) is 1.38. The van der Waals surface area contributed by atoms with E-state index in [2.05, 4.69) is 35.3 Å². The third kappa shape index (κ3) is 3.09. The Morgan fingerprint density at radius 3 is 2.74 bits per heavy atom. The second-order valence-electron chi connectivity index (χ2n) is 8.45. The number of carbonyl (C=O) groups is 1. The standard InChI is InChI=1S/C21H24N8O2/c30-19-15-11-14-12-22-20(25-18(14)29(15)21(13-23-19)5-1-2-6-21)24-16-3-4-17(27-26-16)28-7-9-31-10-8-28/h3-4,11-12H,1-2,5-10,13H2,(H,23,30)(H,22,24,25,26). The predicted molar refractivity (Wildman–Crippen MR) is 115 cm³/mol. The van der Waals surface area contributed by atoms with Gasteiger partial charge in [0.2, 0.25) is 5.95 Å². The molecule has 6 rings (SSSR count). The molecule has 3 aromatic rings. The summed E-state index contributed by atoms with van der Waals surface area (Å²) in [5, 5.41) is 15.7. The molecule has 2 N–H and O–H groups in total. The zero-order valence-electron chi connectivity index (χ0n) is 17.2. The van der Waals surface area contributed by atoms with Crippen LogP contribution in [0.1, 0.15) is 36.2 Å². The number of anilines is 3. The average Bonchev–Trinajstić information content (AvgIpc) is 3.43. The number of hydrogen-bond acceptors (Lipinski definition) is 8. The lowest BCUT2D eigenvalue weighted by Crippen LogP contribution is -2.50. The number of fused-ring (bicyclic) bond motifs is 4. The van der Waals surface area contributed by atoms with Gasteiger partial charge in [0.05, 0.1) is 18.8 Å². The van der Waals surface area contributed by atoms with Crippen molar-refractivity contribution in [2.45, 2.75) is 31.2 Å². The number of amides is 1. The summed E-state index contributed by atoms with van der Waals surface area (Å²) in [6, 6.07) is 5.71. The third-order valence-corrected chi connectivity index (χ3v) is 6.59.